The molecule has 474 valence electrons. The second kappa shape index (κ2) is 23.5. The molecule has 10 aliphatic carbocycles. The normalized spacial score (nSPS) is 42.8. The Morgan fingerprint density at radius 1 is 0.581 bits per heavy atom. The molecular formula is C77H111F2IN2O4. The number of allylic oxidation sites excluding steroid dienone is 6. The van der Waals surface area contributed by atoms with Crippen LogP contribution in [0.4, 0.5) is 8.78 Å². The number of carboxylic acid groups (broad SMARTS) is 1. The molecule has 2 aromatic carbocycles. The first-order valence-corrected chi connectivity index (χ1v) is 35.4. The monoisotopic (exact) mass is 1290 g/mol. The number of methoxy groups -OCH3 is 1. The Labute approximate surface area is 532 Å². The fourth-order valence-electron chi connectivity index (χ4n) is 24.8. The molecule has 10 aliphatic rings. The number of carbonyl (C=O) groups is 2. The van der Waals surface area contributed by atoms with E-state index in [1.165, 1.54) is 137 Å². The Kier molecular flexibility index (Phi) is 18.0. The number of ether oxygens (including phenoxy) is 1. The number of halogens is 3. The van der Waals surface area contributed by atoms with E-state index in [1.54, 1.807) is 12.1 Å². The van der Waals surface area contributed by atoms with E-state index >= 15 is 0 Å². The molecule has 12 rings (SSSR count). The van der Waals surface area contributed by atoms with Gasteiger partial charge in [0.15, 0.2) is 0 Å². The van der Waals surface area contributed by atoms with Gasteiger partial charge in [-0.2, -0.15) is 0 Å². The second-order valence-corrected chi connectivity index (χ2v) is 33.9. The zero-order valence-corrected chi connectivity index (χ0v) is 57.6. The van der Waals surface area contributed by atoms with Crippen LogP contribution in [0.2, 0.25) is 0 Å². The third-order valence-electron chi connectivity index (χ3n) is 29.1. The number of alkyl halides is 3. The number of aromatic carboxylic acids is 1. The van der Waals surface area contributed by atoms with E-state index in [1.807, 2.05) is 46.9 Å². The van der Waals surface area contributed by atoms with Crippen molar-refractivity contribution in [3.63, 3.8) is 0 Å². The zero-order valence-electron chi connectivity index (χ0n) is 55.4. The minimum Gasteiger partial charge on any atom is -0.478 e. The highest BCUT2D eigenvalue weighted by Crippen LogP contribution is 2.79. The summed E-state index contributed by atoms with van der Waals surface area (Å²) in [5, 5.41) is 13.2. The number of nitrogens with one attached hydrogen (secondary N) is 1. The predicted octanol–water partition coefficient (Wildman–Crippen LogP) is 19.6. The summed E-state index contributed by atoms with van der Waals surface area (Å²) >= 11 is 1.98. The summed E-state index contributed by atoms with van der Waals surface area (Å²) in [4.78, 5) is 23.5. The van der Waals surface area contributed by atoms with Gasteiger partial charge in [0.2, 0.25) is 0 Å². The average molecular weight is 1290 g/mol. The van der Waals surface area contributed by atoms with Crippen molar-refractivity contribution in [3.8, 4) is 0 Å². The molecule has 0 saturated heterocycles. The van der Waals surface area contributed by atoms with Gasteiger partial charge < -0.3 is 20.9 Å². The van der Waals surface area contributed by atoms with Gasteiger partial charge in [0.25, 0.3) is 0 Å². The molecule has 2 aromatic rings. The Bertz CT molecular complexity index is 2970. The molecule has 0 aliphatic heterocycles. The quantitative estimate of drug-likeness (QED) is 0.0948. The molecule has 0 spiro atoms. The van der Waals surface area contributed by atoms with E-state index in [2.05, 4.69) is 126 Å². The standard InChI is InChI=1S/C38H54FNO2.C37H53NO2.C2H4FI/c1-24(2)27-14-19-38(40-23-22-39)21-20-36(6)29(32(27)38)12-13-31-35(5)17-15-28(25-8-10-26(11-9-25)33(41)42)34(3,4)30(35)16-18-37(31,36)7;1-23(2)26-15-20-37(38)22-21-35(6)28(31(26)37)13-14-30-34(5)18-16-27(24-9-11-25(12-10-24)32(39)40-8)33(3,4)29(34)17-19-36(30,35)7;3-1-2-4/h8-11,15,27,29-32,40H,1,12-14,16-23H2,2-7H3,(H,41,42);9-12,16,26,28-31H,1,13-15,17-22,38H2,2-8H3;1-2H2/t27-,29+,30-,31+,32+,35-,36+,37+,38-;26-,28+,29-,30+,31+,34-,35+,36+,37-;/m00./s1. The van der Waals surface area contributed by atoms with E-state index in [0.717, 1.165) is 25.2 Å². The lowest BCUT2D eigenvalue weighted by atomic mass is 9.33. The molecule has 0 unspecified atom stereocenters. The van der Waals surface area contributed by atoms with E-state index in [4.69, 9.17) is 10.5 Å². The SMILES string of the molecule is C=C(C)[C@@H]1CC[C@]2(N)CC[C@]3(C)[C@H](CC[C@@H]4[C@@]5(C)CC=C(c6ccc(C(=O)OC)cc6)C(C)(C)[C@@H]5CC[C@]43C)[C@@H]12.C=C(C)[C@@H]1CC[C@]2(NCCF)CC[C@]3(C)[C@H](CC[C@@H]4[C@@]5(C)CC=C(c6ccc(C(=O)O)cc6)C(C)(C)[C@@H]5CC[C@]43C)[C@@H]12.FCCI. The van der Waals surface area contributed by atoms with Crippen molar-refractivity contribution in [1.29, 1.82) is 0 Å². The lowest BCUT2D eigenvalue weighted by molar-refractivity contribution is -0.219. The molecule has 0 bridgehead atoms. The maximum atomic E-state index is 13.5. The van der Waals surface area contributed by atoms with Gasteiger partial charge >= 0.3 is 11.9 Å². The van der Waals surface area contributed by atoms with Crippen LogP contribution in [0.3, 0.4) is 0 Å². The highest BCUT2D eigenvalue weighted by Gasteiger charge is 2.72. The molecule has 0 aromatic heterocycles. The molecule has 0 radical (unpaired) electrons. The number of rotatable bonds is 10. The maximum Gasteiger partial charge on any atom is 0.337 e. The molecule has 86 heavy (non-hydrogen) atoms. The number of fused-ring (bicyclic) bond motifs is 14. The van der Waals surface area contributed by atoms with Gasteiger partial charge in [-0.05, 0) is 278 Å². The molecule has 18 atom stereocenters. The Morgan fingerprint density at radius 3 is 1.47 bits per heavy atom. The summed E-state index contributed by atoms with van der Waals surface area (Å²) in [6.45, 7) is 39.3. The van der Waals surface area contributed by atoms with Crippen molar-refractivity contribution in [2.24, 2.45) is 108 Å². The van der Waals surface area contributed by atoms with Gasteiger partial charge in [-0.3, -0.25) is 4.39 Å². The zero-order chi connectivity index (χ0) is 62.6. The van der Waals surface area contributed by atoms with Crippen LogP contribution in [-0.4, -0.2) is 59.6 Å². The van der Waals surface area contributed by atoms with Gasteiger partial charge in [-0.1, -0.05) is 153 Å². The third-order valence-corrected chi connectivity index (χ3v) is 29.5. The third kappa shape index (κ3) is 10.0. The van der Waals surface area contributed by atoms with Crippen molar-refractivity contribution >= 4 is 45.7 Å². The number of esters is 1. The highest BCUT2D eigenvalue weighted by atomic mass is 127. The lowest BCUT2D eigenvalue weighted by Crippen LogP contribution is -2.68. The fraction of sp³-hybridized carbons (Fsp3) is 0.714. The van der Waals surface area contributed by atoms with Gasteiger partial charge in [-0.25, -0.2) is 14.0 Å². The van der Waals surface area contributed by atoms with Crippen LogP contribution in [0.1, 0.15) is 231 Å². The first-order valence-electron chi connectivity index (χ1n) is 33.9. The highest BCUT2D eigenvalue weighted by molar-refractivity contribution is 14.1. The number of carboxylic acids is 1. The first-order chi connectivity index (χ1) is 40.4. The van der Waals surface area contributed by atoms with E-state index in [9.17, 15) is 23.5 Å². The van der Waals surface area contributed by atoms with Crippen molar-refractivity contribution in [1.82, 2.24) is 5.32 Å². The predicted molar refractivity (Wildman–Crippen MR) is 359 cm³/mol. The maximum absolute atomic E-state index is 13.5. The van der Waals surface area contributed by atoms with Crippen LogP contribution < -0.4 is 11.1 Å². The van der Waals surface area contributed by atoms with Crippen molar-refractivity contribution in [2.45, 2.75) is 210 Å². The van der Waals surface area contributed by atoms with Crippen LogP contribution in [0.5, 0.6) is 0 Å². The van der Waals surface area contributed by atoms with Gasteiger partial charge in [0, 0.05) is 22.1 Å². The number of carbonyl (C=O) groups excluding carboxylic acids is 1. The second-order valence-electron chi connectivity index (χ2n) is 32.8. The molecule has 0 heterocycles. The summed E-state index contributed by atoms with van der Waals surface area (Å²) in [7, 11) is 1.45. The number of hydrogen-bond acceptors (Lipinski definition) is 5. The molecule has 4 N–H and O–H groups in total. The first kappa shape index (κ1) is 65.8. The number of benzene rings is 2. The Morgan fingerprint density at radius 2 is 1.02 bits per heavy atom. The summed E-state index contributed by atoms with van der Waals surface area (Å²) < 4.78 is 29.8. The fourth-order valence-corrected chi connectivity index (χ4v) is 24.8. The van der Waals surface area contributed by atoms with Crippen LogP contribution in [-0.2, 0) is 4.74 Å². The summed E-state index contributed by atoms with van der Waals surface area (Å²) in [5.41, 5.74) is 18.2. The van der Waals surface area contributed by atoms with Crippen LogP contribution in [0, 0.1) is 102 Å². The Hall–Kier alpha value is -3.15. The van der Waals surface area contributed by atoms with E-state index < -0.39 is 5.97 Å². The van der Waals surface area contributed by atoms with E-state index in [-0.39, 0.29) is 57.5 Å². The minimum absolute atomic E-state index is 0.0192. The lowest BCUT2D eigenvalue weighted by Gasteiger charge is -2.72. The molecular weight excluding hydrogens is 1180 g/mol. The van der Waals surface area contributed by atoms with Crippen LogP contribution in [0.25, 0.3) is 11.1 Å². The molecule has 0 amide bonds. The van der Waals surface area contributed by atoms with Crippen LogP contribution >= 0.6 is 22.6 Å². The molecule has 6 nitrogen and oxygen atoms in total. The van der Waals surface area contributed by atoms with Crippen LogP contribution in [0.15, 0.2) is 85.0 Å². The summed E-state index contributed by atoms with van der Waals surface area (Å²) in [6.07, 6.45) is 27.4. The topological polar surface area (TPSA) is 102 Å². The van der Waals surface area contributed by atoms with Gasteiger partial charge in [0.1, 0.15) is 6.67 Å². The summed E-state index contributed by atoms with van der Waals surface area (Å²) in [5.74, 6) is 5.18. The Balaban J connectivity index is 0.000000180. The molecule has 9 heteroatoms. The van der Waals surface area contributed by atoms with Crippen molar-refractivity contribution in [2.75, 3.05) is 31.4 Å². The van der Waals surface area contributed by atoms with Gasteiger partial charge in [-0.15, -0.1) is 0 Å². The largest absolute Gasteiger partial charge is 0.478 e. The minimum atomic E-state index is -0.869. The van der Waals surface area contributed by atoms with E-state index in [0.29, 0.717) is 91.6 Å². The van der Waals surface area contributed by atoms with Gasteiger partial charge in [0.05, 0.1) is 24.9 Å². The number of hydrogen-bond donors (Lipinski definition) is 3. The number of nitrogens with two attached hydrogens (primary N) is 1. The summed E-state index contributed by atoms with van der Waals surface area (Å²) in [6, 6.07) is 15.7. The van der Waals surface area contributed by atoms with Crippen molar-refractivity contribution in [3.05, 3.63) is 107 Å². The molecule has 8 saturated carbocycles. The average Bonchev–Trinajstić information content (AvgIpc) is 0.902. The van der Waals surface area contributed by atoms with Crippen molar-refractivity contribution < 1.29 is 28.2 Å². The molecule has 8 fully saturated rings. The smallest absolute Gasteiger partial charge is 0.337 e.